The number of aliphatic carboxylic acids is 1. The number of fused-ring (bicyclic) bond motifs is 3. The molecule has 3 aromatic rings. The lowest BCUT2D eigenvalue weighted by Crippen LogP contribution is -2.46. The fourth-order valence-corrected chi connectivity index (χ4v) is 4.73. The van der Waals surface area contributed by atoms with Crippen molar-refractivity contribution < 1.29 is 28.6 Å². The molecule has 3 aromatic carbocycles. The molecule has 0 heterocycles. The second-order valence-corrected chi connectivity index (χ2v) is 8.82. The normalized spacial score (nSPS) is 18.1. The first-order chi connectivity index (χ1) is 16.9. The Morgan fingerprint density at radius 1 is 0.943 bits per heavy atom. The Hall–Kier alpha value is -4.20. The lowest BCUT2D eigenvalue weighted by Gasteiger charge is -2.32. The summed E-state index contributed by atoms with van der Waals surface area (Å²) in [4.78, 5) is 35.9. The van der Waals surface area contributed by atoms with Crippen LogP contribution in [0.3, 0.4) is 0 Å². The van der Waals surface area contributed by atoms with Gasteiger partial charge in [0.1, 0.15) is 12.4 Å². The quantitative estimate of drug-likeness (QED) is 0.477. The highest BCUT2D eigenvalue weighted by molar-refractivity contribution is 5.97. The number of amides is 2. The van der Waals surface area contributed by atoms with Crippen LogP contribution in [0.2, 0.25) is 0 Å². The van der Waals surface area contributed by atoms with E-state index in [0.717, 1.165) is 28.3 Å². The van der Waals surface area contributed by atoms with E-state index in [1.54, 1.807) is 0 Å². The van der Waals surface area contributed by atoms with Crippen LogP contribution in [-0.4, -0.2) is 35.7 Å². The van der Waals surface area contributed by atoms with Gasteiger partial charge in [0.15, 0.2) is 0 Å². The molecule has 35 heavy (non-hydrogen) atoms. The summed E-state index contributed by atoms with van der Waals surface area (Å²) in [5, 5.41) is 14.1. The molecule has 1 fully saturated rings. The highest BCUT2D eigenvalue weighted by atomic mass is 19.1. The van der Waals surface area contributed by atoms with Crippen molar-refractivity contribution in [3.05, 3.63) is 89.2 Å². The van der Waals surface area contributed by atoms with Crippen LogP contribution in [0.4, 0.5) is 14.9 Å². The number of nitrogens with one attached hydrogen (secondary N) is 2. The fraction of sp³-hybridized carbons (Fsp3) is 0.222. The summed E-state index contributed by atoms with van der Waals surface area (Å²) in [7, 11) is 0. The van der Waals surface area contributed by atoms with Gasteiger partial charge in [-0.3, -0.25) is 14.9 Å². The molecule has 7 nitrogen and oxygen atoms in total. The summed E-state index contributed by atoms with van der Waals surface area (Å²) in [5.74, 6) is -2.90. The molecule has 0 aromatic heterocycles. The molecule has 0 unspecified atom stereocenters. The molecule has 8 heteroatoms. The van der Waals surface area contributed by atoms with Gasteiger partial charge in [-0.15, -0.1) is 0 Å². The first-order valence-corrected chi connectivity index (χ1v) is 11.4. The number of hydrogen-bond donors (Lipinski definition) is 3. The second kappa shape index (κ2) is 9.21. The van der Waals surface area contributed by atoms with E-state index in [1.807, 2.05) is 48.5 Å². The molecule has 2 amide bonds. The molecule has 2 aliphatic carbocycles. The van der Waals surface area contributed by atoms with E-state index in [1.165, 1.54) is 12.1 Å². The van der Waals surface area contributed by atoms with E-state index in [0.29, 0.717) is 12.8 Å². The molecular formula is C27H23FN2O5. The van der Waals surface area contributed by atoms with E-state index < -0.39 is 29.7 Å². The summed E-state index contributed by atoms with van der Waals surface area (Å²) in [5.41, 5.74) is 4.39. The number of benzene rings is 3. The largest absolute Gasteiger partial charge is 0.481 e. The van der Waals surface area contributed by atoms with Gasteiger partial charge in [0.2, 0.25) is 0 Å². The highest BCUT2D eigenvalue weighted by Crippen LogP contribution is 2.44. The smallest absolute Gasteiger partial charge is 0.411 e. The average Bonchev–Trinajstić information content (AvgIpc) is 3.14. The molecule has 0 bridgehead atoms. The second-order valence-electron chi connectivity index (χ2n) is 8.82. The molecule has 1 saturated carbocycles. The zero-order valence-corrected chi connectivity index (χ0v) is 18.7. The topological polar surface area (TPSA) is 105 Å². The van der Waals surface area contributed by atoms with Crippen LogP contribution >= 0.6 is 0 Å². The third-order valence-corrected chi connectivity index (χ3v) is 6.62. The van der Waals surface area contributed by atoms with Gasteiger partial charge in [0, 0.05) is 17.6 Å². The van der Waals surface area contributed by atoms with E-state index in [4.69, 9.17) is 9.84 Å². The van der Waals surface area contributed by atoms with Gasteiger partial charge in [-0.25, -0.2) is 9.18 Å². The minimum atomic E-state index is -0.907. The van der Waals surface area contributed by atoms with Crippen molar-refractivity contribution >= 4 is 23.7 Å². The Bertz CT molecular complexity index is 1270. The molecule has 0 aliphatic heterocycles. The molecule has 5 rings (SSSR count). The predicted octanol–water partition coefficient (Wildman–Crippen LogP) is 4.78. The number of carbonyl (C=O) groups is 3. The minimum absolute atomic E-state index is 0.0974. The van der Waals surface area contributed by atoms with Crippen molar-refractivity contribution in [2.75, 3.05) is 11.9 Å². The maximum Gasteiger partial charge on any atom is 0.411 e. The Morgan fingerprint density at radius 2 is 1.57 bits per heavy atom. The lowest BCUT2D eigenvalue weighted by atomic mass is 9.80. The Kier molecular flexibility index (Phi) is 5.94. The molecule has 0 saturated heterocycles. The molecular weight excluding hydrogens is 451 g/mol. The predicted molar refractivity (Wildman–Crippen MR) is 127 cm³/mol. The van der Waals surface area contributed by atoms with Gasteiger partial charge in [-0.1, -0.05) is 48.5 Å². The third-order valence-electron chi connectivity index (χ3n) is 6.62. The van der Waals surface area contributed by atoms with Gasteiger partial charge in [0.05, 0.1) is 11.5 Å². The van der Waals surface area contributed by atoms with Crippen molar-refractivity contribution in [3.8, 4) is 11.1 Å². The van der Waals surface area contributed by atoms with Crippen LogP contribution in [0.25, 0.3) is 11.1 Å². The first-order valence-electron chi connectivity index (χ1n) is 11.4. The Labute approximate surface area is 200 Å². The van der Waals surface area contributed by atoms with Crippen LogP contribution in [0.1, 0.15) is 40.2 Å². The van der Waals surface area contributed by atoms with E-state index >= 15 is 0 Å². The fourth-order valence-electron chi connectivity index (χ4n) is 4.73. The molecule has 0 spiro atoms. The number of carbonyl (C=O) groups excluding carboxylic acids is 2. The monoisotopic (exact) mass is 474 g/mol. The lowest BCUT2D eigenvalue weighted by molar-refractivity contribution is -0.145. The zero-order chi connectivity index (χ0) is 24.5. The van der Waals surface area contributed by atoms with Gasteiger partial charge in [-0.05, 0) is 53.3 Å². The zero-order valence-electron chi connectivity index (χ0n) is 18.7. The maximum absolute atomic E-state index is 14.3. The highest BCUT2D eigenvalue weighted by Gasteiger charge is 2.35. The molecule has 0 atom stereocenters. The summed E-state index contributed by atoms with van der Waals surface area (Å²) in [6.07, 6.45) is -0.103. The van der Waals surface area contributed by atoms with Crippen LogP contribution in [0.5, 0.6) is 0 Å². The van der Waals surface area contributed by atoms with Crippen molar-refractivity contribution in [2.45, 2.75) is 24.8 Å². The average molecular weight is 474 g/mol. The van der Waals surface area contributed by atoms with Crippen LogP contribution < -0.4 is 10.6 Å². The van der Waals surface area contributed by atoms with Crippen LogP contribution in [0, 0.1) is 11.7 Å². The van der Waals surface area contributed by atoms with Crippen LogP contribution in [-0.2, 0) is 9.53 Å². The number of carboxylic acids is 1. The summed E-state index contributed by atoms with van der Waals surface area (Å²) in [6.45, 7) is 0.126. The first kappa shape index (κ1) is 22.6. The van der Waals surface area contributed by atoms with E-state index in [9.17, 15) is 18.8 Å². The van der Waals surface area contributed by atoms with Gasteiger partial charge in [0.25, 0.3) is 5.91 Å². The van der Waals surface area contributed by atoms with Crippen molar-refractivity contribution in [1.82, 2.24) is 5.32 Å². The number of hydrogen-bond acceptors (Lipinski definition) is 4. The van der Waals surface area contributed by atoms with E-state index in [-0.39, 0.29) is 29.8 Å². The summed E-state index contributed by atoms with van der Waals surface area (Å²) in [6, 6.07) is 19.3. The molecule has 3 N–H and O–H groups in total. The Balaban J connectivity index is 1.22. The van der Waals surface area contributed by atoms with Crippen LogP contribution in [0.15, 0.2) is 66.7 Å². The standard InChI is InChI=1S/C27H23FN2O5/c28-24-10-9-16(13-22(24)25(31)29-17-11-15(12-17)26(32)33)30-27(34)35-14-23-20-7-3-1-5-18(20)19-6-2-4-8-21(19)23/h1-10,13,15,17,23H,11-12,14H2,(H,29,31)(H,30,34)(H,32,33). The van der Waals surface area contributed by atoms with Crippen molar-refractivity contribution in [3.63, 3.8) is 0 Å². The van der Waals surface area contributed by atoms with Gasteiger partial charge >= 0.3 is 12.1 Å². The summed E-state index contributed by atoms with van der Waals surface area (Å²) >= 11 is 0. The Morgan fingerprint density at radius 3 is 2.20 bits per heavy atom. The van der Waals surface area contributed by atoms with Crippen molar-refractivity contribution in [1.29, 1.82) is 0 Å². The number of anilines is 1. The molecule has 178 valence electrons. The maximum atomic E-state index is 14.3. The van der Waals surface area contributed by atoms with Gasteiger partial charge in [-0.2, -0.15) is 0 Å². The van der Waals surface area contributed by atoms with E-state index in [2.05, 4.69) is 10.6 Å². The molecule has 0 radical (unpaired) electrons. The summed E-state index contributed by atoms with van der Waals surface area (Å²) < 4.78 is 19.8. The SMILES string of the molecule is O=C(Nc1ccc(F)c(C(=O)NC2CC(C(=O)O)C2)c1)OCC1c2ccccc2-c2ccccc21. The number of ether oxygens (including phenoxy) is 1. The third kappa shape index (κ3) is 4.47. The number of rotatable bonds is 6. The number of halogens is 1. The number of carboxylic acid groups (broad SMARTS) is 1. The minimum Gasteiger partial charge on any atom is -0.481 e. The van der Waals surface area contributed by atoms with Crippen molar-refractivity contribution in [2.24, 2.45) is 5.92 Å². The van der Waals surface area contributed by atoms with Gasteiger partial charge < -0.3 is 15.2 Å². The molecule has 2 aliphatic rings.